The molecule has 0 radical (unpaired) electrons. The van der Waals surface area contributed by atoms with E-state index in [-0.39, 0.29) is 12.1 Å². The molecule has 0 amide bonds. The lowest BCUT2D eigenvalue weighted by molar-refractivity contribution is 0.277. The highest BCUT2D eigenvalue weighted by Crippen LogP contribution is 2.33. The average molecular weight is 170 g/mol. The van der Waals surface area contributed by atoms with Crippen LogP contribution >= 0.6 is 0 Å². The average Bonchev–Trinajstić information content (AvgIpc) is 2.16. The highest BCUT2D eigenvalue weighted by molar-refractivity contribution is 4.91. The van der Waals surface area contributed by atoms with Gasteiger partial charge in [-0.2, -0.15) is 0 Å². The van der Waals surface area contributed by atoms with E-state index in [4.69, 9.17) is 11.5 Å². The molecule has 0 spiro atoms. The first-order valence-corrected chi connectivity index (χ1v) is 4.91. The molecule has 1 rings (SSSR count). The Kier molecular flexibility index (Phi) is 2.79. The first kappa shape index (κ1) is 10.0. The van der Waals surface area contributed by atoms with E-state index < -0.39 is 0 Å². The van der Waals surface area contributed by atoms with Crippen molar-refractivity contribution in [2.75, 3.05) is 0 Å². The number of nitrogens with two attached hydrogens (primary N) is 2. The van der Waals surface area contributed by atoms with Crippen LogP contribution in [0.1, 0.15) is 40.0 Å². The van der Waals surface area contributed by atoms with Gasteiger partial charge < -0.3 is 11.5 Å². The van der Waals surface area contributed by atoms with Gasteiger partial charge in [-0.1, -0.05) is 20.8 Å². The molecule has 1 aliphatic carbocycles. The van der Waals surface area contributed by atoms with E-state index in [1.165, 1.54) is 12.8 Å². The fourth-order valence-electron chi connectivity index (χ4n) is 2.17. The molecule has 1 fully saturated rings. The standard InChI is InChI=1S/C10H22N2/c1-10(2,3)6-7-4-5-8(11)9(7)12/h7-9H,4-6,11-12H2,1-3H3. The van der Waals surface area contributed by atoms with Gasteiger partial charge in [0.1, 0.15) is 0 Å². The van der Waals surface area contributed by atoms with Gasteiger partial charge >= 0.3 is 0 Å². The molecule has 12 heavy (non-hydrogen) atoms. The molecule has 3 unspecified atom stereocenters. The lowest BCUT2D eigenvalue weighted by atomic mass is 9.82. The Bertz CT molecular complexity index is 148. The lowest BCUT2D eigenvalue weighted by Gasteiger charge is -2.26. The van der Waals surface area contributed by atoms with E-state index in [0.29, 0.717) is 11.3 Å². The maximum atomic E-state index is 6.00. The fourth-order valence-corrected chi connectivity index (χ4v) is 2.17. The monoisotopic (exact) mass is 170 g/mol. The van der Waals surface area contributed by atoms with Gasteiger partial charge in [-0.3, -0.25) is 0 Å². The minimum atomic E-state index is 0.240. The fraction of sp³-hybridized carbons (Fsp3) is 1.00. The topological polar surface area (TPSA) is 52.0 Å². The van der Waals surface area contributed by atoms with E-state index in [2.05, 4.69) is 20.8 Å². The summed E-state index contributed by atoms with van der Waals surface area (Å²) < 4.78 is 0. The van der Waals surface area contributed by atoms with Gasteiger partial charge in [-0.15, -0.1) is 0 Å². The molecule has 0 aromatic heterocycles. The van der Waals surface area contributed by atoms with Crippen LogP contribution in [0.4, 0.5) is 0 Å². The molecule has 0 saturated heterocycles. The molecule has 0 heterocycles. The Hall–Kier alpha value is -0.0800. The van der Waals surface area contributed by atoms with Crippen molar-refractivity contribution in [2.24, 2.45) is 22.8 Å². The molecule has 2 nitrogen and oxygen atoms in total. The van der Waals surface area contributed by atoms with Crippen molar-refractivity contribution < 1.29 is 0 Å². The maximum absolute atomic E-state index is 6.00. The molecule has 0 bridgehead atoms. The SMILES string of the molecule is CC(C)(C)CC1CCC(N)C1N. The van der Waals surface area contributed by atoms with Crippen LogP contribution in [-0.4, -0.2) is 12.1 Å². The van der Waals surface area contributed by atoms with Crippen LogP contribution in [0.2, 0.25) is 0 Å². The second-order valence-corrected chi connectivity index (χ2v) is 5.34. The third-order valence-electron chi connectivity index (χ3n) is 2.78. The zero-order valence-corrected chi connectivity index (χ0v) is 8.51. The summed E-state index contributed by atoms with van der Waals surface area (Å²) in [4.78, 5) is 0. The van der Waals surface area contributed by atoms with Crippen molar-refractivity contribution in [2.45, 2.75) is 52.1 Å². The van der Waals surface area contributed by atoms with Gasteiger partial charge in [0.25, 0.3) is 0 Å². The summed E-state index contributed by atoms with van der Waals surface area (Å²) in [5.74, 6) is 0.653. The summed E-state index contributed by atoms with van der Waals surface area (Å²) in [7, 11) is 0. The molecule has 1 aliphatic rings. The van der Waals surface area contributed by atoms with Crippen molar-refractivity contribution in [3.05, 3.63) is 0 Å². The summed E-state index contributed by atoms with van der Waals surface area (Å²) in [5.41, 5.74) is 12.3. The van der Waals surface area contributed by atoms with Gasteiger partial charge in [0.15, 0.2) is 0 Å². The van der Waals surface area contributed by atoms with Gasteiger partial charge in [-0.05, 0) is 30.6 Å². The van der Waals surface area contributed by atoms with Gasteiger partial charge in [-0.25, -0.2) is 0 Å². The summed E-state index contributed by atoms with van der Waals surface area (Å²) in [6, 6.07) is 0.488. The van der Waals surface area contributed by atoms with Crippen LogP contribution in [0.5, 0.6) is 0 Å². The highest BCUT2D eigenvalue weighted by Gasteiger charge is 2.33. The highest BCUT2D eigenvalue weighted by atomic mass is 14.8. The van der Waals surface area contributed by atoms with Crippen molar-refractivity contribution in [3.8, 4) is 0 Å². The zero-order valence-electron chi connectivity index (χ0n) is 8.51. The summed E-state index contributed by atoms with van der Waals surface area (Å²) in [6.07, 6.45) is 3.55. The Morgan fingerprint density at radius 2 is 1.75 bits per heavy atom. The third kappa shape index (κ3) is 2.46. The first-order valence-electron chi connectivity index (χ1n) is 4.91. The van der Waals surface area contributed by atoms with E-state index in [1.807, 2.05) is 0 Å². The molecular weight excluding hydrogens is 148 g/mol. The van der Waals surface area contributed by atoms with Crippen LogP contribution < -0.4 is 11.5 Å². The van der Waals surface area contributed by atoms with E-state index in [1.54, 1.807) is 0 Å². The predicted molar refractivity (Wildman–Crippen MR) is 52.7 cm³/mol. The summed E-state index contributed by atoms with van der Waals surface area (Å²) >= 11 is 0. The van der Waals surface area contributed by atoms with Crippen LogP contribution in [0.3, 0.4) is 0 Å². The smallest absolute Gasteiger partial charge is 0.0221 e. The Morgan fingerprint density at radius 3 is 2.08 bits per heavy atom. The molecule has 0 aliphatic heterocycles. The van der Waals surface area contributed by atoms with Crippen LogP contribution in [0.25, 0.3) is 0 Å². The minimum absolute atomic E-state index is 0.240. The van der Waals surface area contributed by atoms with Gasteiger partial charge in [0, 0.05) is 12.1 Å². The number of rotatable bonds is 1. The molecule has 72 valence electrons. The van der Waals surface area contributed by atoms with Crippen molar-refractivity contribution in [1.82, 2.24) is 0 Å². The van der Waals surface area contributed by atoms with Crippen LogP contribution in [0, 0.1) is 11.3 Å². The molecule has 4 N–H and O–H groups in total. The second kappa shape index (κ2) is 3.35. The number of hydrogen-bond acceptors (Lipinski definition) is 2. The second-order valence-electron chi connectivity index (χ2n) is 5.34. The van der Waals surface area contributed by atoms with Crippen LogP contribution in [0.15, 0.2) is 0 Å². The van der Waals surface area contributed by atoms with Crippen molar-refractivity contribution >= 4 is 0 Å². The Labute approximate surface area is 75.7 Å². The third-order valence-corrected chi connectivity index (χ3v) is 2.78. The molecule has 2 heteroatoms. The molecule has 3 atom stereocenters. The van der Waals surface area contributed by atoms with Gasteiger partial charge in [0.05, 0.1) is 0 Å². The Morgan fingerprint density at radius 1 is 1.17 bits per heavy atom. The molecule has 1 saturated carbocycles. The summed E-state index contributed by atoms with van der Waals surface area (Å²) in [6.45, 7) is 6.80. The van der Waals surface area contributed by atoms with Crippen molar-refractivity contribution in [3.63, 3.8) is 0 Å². The van der Waals surface area contributed by atoms with E-state index in [9.17, 15) is 0 Å². The quantitative estimate of drug-likeness (QED) is 0.626. The zero-order chi connectivity index (χ0) is 9.35. The first-order chi connectivity index (χ1) is 5.40. The van der Waals surface area contributed by atoms with Gasteiger partial charge in [0.2, 0.25) is 0 Å². The number of hydrogen-bond donors (Lipinski definition) is 2. The normalized spacial score (nSPS) is 37.2. The minimum Gasteiger partial charge on any atom is -0.326 e. The Balaban J connectivity index is 2.44. The molecule has 0 aromatic rings. The van der Waals surface area contributed by atoms with E-state index in [0.717, 1.165) is 6.42 Å². The maximum Gasteiger partial charge on any atom is 0.0221 e. The van der Waals surface area contributed by atoms with Crippen LogP contribution in [-0.2, 0) is 0 Å². The molecule has 0 aromatic carbocycles. The largest absolute Gasteiger partial charge is 0.326 e. The molecular formula is C10H22N2. The van der Waals surface area contributed by atoms with E-state index >= 15 is 0 Å². The lowest BCUT2D eigenvalue weighted by Crippen LogP contribution is -2.41. The summed E-state index contributed by atoms with van der Waals surface area (Å²) in [5, 5.41) is 0. The predicted octanol–water partition coefficient (Wildman–Crippen LogP) is 1.49. The van der Waals surface area contributed by atoms with Crippen molar-refractivity contribution in [1.29, 1.82) is 0 Å².